The number of amidine groups is 1. The third-order valence-electron chi connectivity index (χ3n) is 6.56. The summed E-state index contributed by atoms with van der Waals surface area (Å²) >= 11 is 0. The number of hydrogen-bond donors (Lipinski definition) is 1. The molecular formula is C26H31N3O4S. The molecule has 1 saturated heterocycles. The maximum absolute atomic E-state index is 12.9. The van der Waals surface area contributed by atoms with E-state index < -0.39 is 10.0 Å². The predicted octanol–water partition coefficient (Wildman–Crippen LogP) is 3.76. The first-order valence-electron chi connectivity index (χ1n) is 11.6. The molecule has 8 heteroatoms. The van der Waals surface area contributed by atoms with Gasteiger partial charge in [-0.15, -0.1) is 4.40 Å². The van der Waals surface area contributed by atoms with Crippen molar-refractivity contribution < 1.29 is 17.9 Å². The van der Waals surface area contributed by atoms with E-state index in [-0.39, 0.29) is 16.7 Å². The molecule has 1 fully saturated rings. The quantitative estimate of drug-likeness (QED) is 0.679. The number of aryl methyl sites for hydroxylation is 1. The Morgan fingerprint density at radius 1 is 1.06 bits per heavy atom. The Morgan fingerprint density at radius 3 is 2.26 bits per heavy atom. The minimum absolute atomic E-state index is 0.0282. The number of ether oxygens (including phenoxy) is 1. The minimum Gasteiger partial charge on any atom is -0.497 e. The highest BCUT2D eigenvalue weighted by Crippen LogP contribution is 2.34. The molecular weight excluding hydrogens is 450 g/mol. The highest BCUT2D eigenvalue weighted by Gasteiger charge is 2.35. The maximum Gasteiger partial charge on any atom is 0.285 e. The lowest BCUT2D eigenvalue weighted by Crippen LogP contribution is -2.43. The van der Waals surface area contributed by atoms with Crippen LogP contribution in [0.15, 0.2) is 58.5 Å². The number of sulfonamides is 1. The fourth-order valence-electron chi connectivity index (χ4n) is 4.51. The fourth-order valence-corrected chi connectivity index (χ4v) is 5.99. The molecule has 4 rings (SSSR count). The molecule has 180 valence electrons. The van der Waals surface area contributed by atoms with Gasteiger partial charge in [-0.05, 0) is 55.0 Å². The smallest absolute Gasteiger partial charge is 0.285 e. The van der Waals surface area contributed by atoms with Crippen molar-refractivity contribution in [3.8, 4) is 5.75 Å². The number of methoxy groups -OCH3 is 1. The minimum atomic E-state index is -3.74. The average Bonchev–Trinajstić information content (AvgIpc) is 3.11. The van der Waals surface area contributed by atoms with Gasteiger partial charge >= 0.3 is 0 Å². The van der Waals surface area contributed by atoms with Crippen LogP contribution in [-0.2, 0) is 27.8 Å². The molecule has 0 bridgehead atoms. The van der Waals surface area contributed by atoms with Crippen LogP contribution in [0, 0.1) is 5.92 Å². The summed E-state index contributed by atoms with van der Waals surface area (Å²) < 4.78 is 35.0. The average molecular weight is 482 g/mol. The highest BCUT2D eigenvalue weighted by molar-refractivity contribution is 8.00. The number of likely N-dealkylation sites (tertiary alicyclic amines) is 1. The topological polar surface area (TPSA) is 88.1 Å². The number of nitrogens with zero attached hydrogens (tertiary/aromatic N) is 2. The zero-order valence-corrected chi connectivity index (χ0v) is 20.7. The van der Waals surface area contributed by atoms with Gasteiger partial charge in [0, 0.05) is 31.1 Å². The summed E-state index contributed by atoms with van der Waals surface area (Å²) in [5.74, 6) is 1.22. The molecule has 0 aromatic heterocycles. The van der Waals surface area contributed by atoms with Gasteiger partial charge in [0.1, 0.15) is 16.5 Å². The second-order valence-electron chi connectivity index (χ2n) is 8.72. The SMILES string of the molecule is CCc1ccc(C2=C(C)C(N3CCC(C(=O)NCc4ccc(OC)cc4)CC3)=NS2(=O)=O)cc1. The van der Waals surface area contributed by atoms with Crippen LogP contribution in [0.3, 0.4) is 0 Å². The van der Waals surface area contributed by atoms with E-state index in [9.17, 15) is 13.2 Å². The molecule has 1 N–H and O–H groups in total. The molecule has 2 aromatic carbocycles. The zero-order valence-electron chi connectivity index (χ0n) is 19.9. The van der Waals surface area contributed by atoms with Crippen molar-refractivity contribution in [2.24, 2.45) is 10.3 Å². The van der Waals surface area contributed by atoms with E-state index in [4.69, 9.17) is 4.74 Å². The Kier molecular flexibility index (Phi) is 7.07. The standard InChI is InChI=1S/C26H31N3O4S/c1-4-19-5-9-21(10-6-19)24-18(2)25(28-34(24,31)32)29-15-13-22(14-16-29)26(30)27-17-20-7-11-23(33-3)12-8-20/h5-12,22H,4,13-17H2,1-3H3,(H,27,30). The van der Waals surface area contributed by atoms with Crippen molar-refractivity contribution in [3.05, 3.63) is 70.8 Å². The third kappa shape index (κ3) is 5.01. The monoisotopic (exact) mass is 481 g/mol. The van der Waals surface area contributed by atoms with E-state index in [1.165, 1.54) is 0 Å². The van der Waals surface area contributed by atoms with E-state index in [0.29, 0.717) is 49.4 Å². The van der Waals surface area contributed by atoms with E-state index in [1.807, 2.05) is 60.4 Å². The molecule has 0 aliphatic carbocycles. The third-order valence-corrected chi connectivity index (χ3v) is 8.03. The van der Waals surface area contributed by atoms with E-state index in [0.717, 1.165) is 23.3 Å². The lowest BCUT2D eigenvalue weighted by atomic mass is 9.95. The Balaban J connectivity index is 1.38. The highest BCUT2D eigenvalue weighted by atomic mass is 32.2. The van der Waals surface area contributed by atoms with Gasteiger partial charge in [0.15, 0.2) is 0 Å². The number of nitrogens with one attached hydrogen (secondary N) is 1. The van der Waals surface area contributed by atoms with Gasteiger partial charge in [-0.3, -0.25) is 4.79 Å². The lowest BCUT2D eigenvalue weighted by molar-refractivity contribution is -0.126. The van der Waals surface area contributed by atoms with Crippen LogP contribution in [0.1, 0.15) is 43.4 Å². The van der Waals surface area contributed by atoms with E-state index in [1.54, 1.807) is 7.11 Å². The molecule has 2 heterocycles. The lowest BCUT2D eigenvalue weighted by Gasteiger charge is -2.32. The second kappa shape index (κ2) is 10.0. The summed E-state index contributed by atoms with van der Waals surface area (Å²) in [4.78, 5) is 15.0. The largest absolute Gasteiger partial charge is 0.497 e. The van der Waals surface area contributed by atoms with Crippen molar-refractivity contribution in [1.82, 2.24) is 10.2 Å². The number of carbonyl (C=O) groups excluding carboxylic acids is 1. The van der Waals surface area contributed by atoms with Crippen molar-refractivity contribution in [3.63, 3.8) is 0 Å². The van der Waals surface area contributed by atoms with Crippen molar-refractivity contribution in [2.75, 3.05) is 20.2 Å². The van der Waals surface area contributed by atoms with Crippen LogP contribution >= 0.6 is 0 Å². The number of rotatable bonds is 6. The van der Waals surface area contributed by atoms with Crippen LogP contribution in [0.2, 0.25) is 0 Å². The molecule has 0 unspecified atom stereocenters. The van der Waals surface area contributed by atoms with E-state index >= 15 is 0 Å². The molecule has 7 nitrogen and oxygen atoms in total. The van der Waals surface area contributed by atoms with Gasteiger partial charge < -0.3 is 15.0 Å². The van der Waals surface area contributed by atoms with Gasteiger partial charge in [0.05, 0.1) is 7.11 Å². The van der Waals surface area contributed by atoms with Crippen molar-refractivity contribution >= 4 is 26.7 Å². The summed E-state index contributed by atoms with van der Waals surface area (Å²) in [6.07, 6.45) is 2.21. The maximum atomic E-state index is 12.9. The number of piperidine rings is 1. The van der Waals surface area contributed by atoms with Gasteiger partial charge in [-0.1, -0.05) is 43.3 Å². The van der Waals surface area contributed by atoms with Crippen LogP contribution in [0.25, 0.3) is 4.91 Å². The van der Waals surface area contributed by atoms with E-state index in [2.05, 4.69) is 16.6 Å². The molecule has 0 atom stereocenters. The summed E-state index contributed by atoms with van der Waals surface area (Å²) in [5, 5.41) is 3.02. The number of benzene rings is 2. The summed E-state index contributed by atoms with van der Waals surface area (Å²) in [6, 6.07) is 15.2. The Hall–Kier alpha value is -3.13. The first kappa shape index (κ1) is 24.0. The molecule has 0 saturated carbocycles. The first-order valence-corrected chi connectivity index (χ1v) is 13.1. The summed E-state index contributed by atoms with van der Waals surface area (Å²) in [7, 11) is -2.12. The first-order chi connectivity index (χ1) is 16.3. The fraction of sp³-hybridized carbons (Fsp3) is 0.385. The van der Waals surface area contributed by atoms with Gasteiger partial charge in [-0.25, -0.2) is 0 Å². The Morgan fingerprint density at radius 2 is 1.68 bits per heavy atom. The normalized spacial score (nSPS) is 18.1. The molecule has 1 amide bonds. The molecule has 34 heavy (non-hydrogen) atoms. The van der Waals surface area contributed by atoms with Crippen LogP contribution < -0.4 is 10.1 Å². The Labute approximate surface area is 201 Å². The number of carbonyl (C=O) groups is 1. The number of amides is 1. The van der Waals surface area contributed by atoms with Crippen LogP contribution in [-0.4, -0.2) is 45.3 Å². The van der Waals surface area contributed by atoms with Gasteiger partial charge in [0.2, 0.25) is 5.91 Å². The number of hydrogen-bond acceptors (Lipinski definition) is 5. The molecule has 0 radical (unpaired) electrons. The molecule has 2 aliphatic heterocycles. The van der Waals surface area contributed by atoms with Crippen LogP contribution in [0.4, 0.5) is 0 Å². The summed E-state index contributed by atoms with van der Waals surface area (Å²) in [5.41, 5.74) is 3.51. The van der Waals surface area contributed by atoms with Crippen molar-refractivity contribution in [2.45, 2.75) is 39.7 Å². The predicted molar refractivity (Wildman–Crippen MR) is 134 cm³/mol. The van der Waals surface area contributed by atoms with Crippen molar-refractivity contribution in [1.29, 1.82) is 0 Å². The Bertz CT molecular complexity index is 1210. The zero-order chi connectivity index (χ0) is 24.3. The summed E-state index contributed by atoms with van der Waals surface area (Å²) in [6.45, 7) is 5.54. The second-order valence-corrected chi connectivity index (χ2v) is 10.3. The van der Waals surface area contributed by atoms with Gasteiger partial charge in [0.25, 0.3) is 10.0 Å². The molecule has 0 spiro atoms. The van der Waals surface area contributed by atoms with Crippen LogP contribution in [0.5, 0.6) is 5.75 Å². The molecule has 2 aromatic rings. The molecule has 2 aliphatic rings. The van der Waals surface area contributed by atoms with Gasteiger partial charge in [-0.2, -0.15) is 8.42 Å².